The molecule has 1 aliphatic carbocycles. The molecule has 2 heterocycles. The average molecular weight is 269 g/mol. The maximum atomic E-state index is 6.18. The summed E-state index contributed by atoms with van der Waals surface area (Å²) < 4.78 is 6.18. The Morgan fingerprint density at radius 1 is 1.22 bits per heavy atom. The fourth-order valence-corrected chi connectivity index (χ4v) is 5.89. The van der Waals surface area contributed by atoms with Gasteiger partial charge in [0.25, 0.3) is 0 Å². The van der Waals surface area contributed by atoms with Crippen LogP contribution in [0.2, 0.25) is 0 Å². The van der Waals surface area contributed by atoms with Crippen LogP contribution in [0.1, 0.15) is 51.4 Å². The van der Waals surface area contributed by atoms with Crippen molar-refractivity contribution in [3.05, 3.63) is 0 Å². The first kappa shape index (κ1) is 13.3. The van der Waals surface area contributed by atoms with Crippen molar-refractivity contribution in [1.29, 1.82) is 0 Å². The Labute approximate surface area is 116 Å². The molecule has 0 aromatic rings. The molecule has 104 valence electrons. The van der Waals surface area contributed by atoms with E-state index >= 15 is 0 Å². The minimum atomic E-state index is 0.279. The fourth-order valence-electron chi connectivity index (χ4n) is 4.35. The normalized spacial score (nSPS) is 37.2. The molecule has 3 unspecified atom stereocenters. The van der Waals surface area contributed by atoms with Crippen molar-refractivity contribution in [3.8, 4) is 0 Å². The summed E-state index contributed by atoms with van der Waals surface area (Å²) in [6.07, 6.45) is 10.8. The first-order chi connectivity index (χ1) is 8.83. The topological polar surface area (TPSA) is 21.3 Å². The van der Waals surface area contributed by atoms with E-state index in [1.165, 1.54) is 57.1 Å². The van der Waals surface area contributed by atoms with Crippen molar-refractivity contribution in [2.24, 2.45) is 5.92 Å². The van der Waals surface area contributed by atoms with Crippen LogP contribution in [0.25, 0.3) is 0 Å². The van der Waals surface area contributed by atoms with Crippen molar-refractivity contribution in [2.45, 2.75) is 68.3 Å². The average Bonchev–Trinajstić information content (AvgIpc) is 3.03. The van der Waals surface area contributed by atoms with Crippen LogP contribution in [0.5, 0.6) is 0 Å². The molecule has 0 aromatic carbocycles. The van der Waals surface area contributed by atoms with Gasteiger partial charge in [0.15, 0.2) is 0 Å². The Morgan fingerprint density at radius 3 is 2.72 bits per heavy atom. The van der Waals surface area contributed by atoms with Crippen LogP contribution < -0.4 is 5.32 Å². The Hall–Kier alpha value is 0.270. The van der Waals surface area contributed by atoms with Gasteiger partial charge in [-0.25, -0.2) is 0 Å². The van der Waals surface area contributed by atoms with E-state index in [2.05, 4.69) is 24.1 Å². The highest BCUT2D eigenvalue weighted by Crippen LogP contribution is 2.44. The van der Waals surface area contributed by atoms with Crippen molar-refractivity contribution < 1.29 is 4.74 Å². The lowest BCUT2D eigenvalue weighted by atomic mass is 9.79. The van der Waals surface area contributed by atoms with E-state index in [9.17, 15) is 0 Å². The van der Waals surface area contributed by atoms with Gasteiger partial charge in [0.1, 0.15) is 0 Å². The van der Waals surface area contributed by atoms with Gasteiger partial charge in [0, 0.05) is 17.9 Å². The molecule has 1 spiro atoms. The number of hydrogen-bond acceptors (Lipinski definition) is 3. The van der Waals surface area contributed by atoms with E-state index in [0.717, 1.165) is 23.8 Å². The quantitative estimate of drug-likeness (QED) is 0.850. The summed E-state index contributed by atoms with van der Waals surface area (Å²) in [7, 11) is 2.17. The van der Waals surface area contributed by atoms with E-state index < -0.39 is 0 Å². The number of ether oxygens (including phenoxy) is 1. The Kier molecular flexibility index (Phi) is 4.21. The summed E-state index contributed by atoms with van der Waals surface area (Å²) in [5, 5.41) is 4.50. The van der Waals surface area contributed by atoms with E-state index in [1.807, 2.05) is 0 Å². The van der Waals surface area contributed by atoms with Gasteiger partial charge < -0.3 is 10.1 Å². The standard InChI is InChI=1S/C15H27NOS/c1-16-14(13-5-4-10-18-13)12-6-9-17-15(11-12)7-2-3-8-15/h12-14,16H,2-11H2,1H3. The minimum absolute atomic E-state index is 0.279. The molecular formula is C15H27NOS. The molecule has 0 radical (unpaired) electrons. The zero-order valence-electron chi connectivity index (χ0n) is 11.6. The van der Waals surface area contributed by atoms with Crippen molar-refractivity contribution >= 4 is 11.8 Å². The van der Waals surface area contributed by atoms with Crippen LogP contribution in [0.3, 0.4) is 0 Å². The smallest absolute Gasteiger partial charge is 0.0685 e. The largest absolute Gasteiger partial charge is 0.375 e. The molecule has 3 atom stereocenters. The summed E-state index contributed by atoms with van der Waals surface area (Å²) in [5.41, 5.74) is 0.279. The maximum Gasteiger partial charge on any atom is 0.0685 e. The van der Waals surface area contributed by atoms with E-state index in [-0.39, 0.29) is 5.60 Å². The maximum absolute atomic E-state index is 6.18. The molecule has 0 amide bonds. The van der Waals surface area contributed by atoms with Gasteiger partial charge in [-0.3, -0.25) is 0 Å². The van der Waals surface area contributed by atoms with Crippen LogP contribution in [-0.2, 0) is 4.74 Å². The third-order valence-electron chi connectivity index (χ3n) is 5.25. The summed E-state index contributed by atoms with van der Waals surface area (Å²) >= 11 is 2.20. The predicted octanol–water partition coefficient (Wildman–Crippen LogP) is 3.21. The van der Waals surface area contributed by atoms with Crippen molar-refractivity contribution in [3.63, 3.8) is 0 Å². The predicted molar refractivity (Wildman–Crippen MR) is 78.2 cm³/mol. The van der Waals surface area contributed by atoms with Gasteiger partial charge in [0.2, 0.25) is 0 Å². The van der Waals surface area contributed by atoms with Gasteiger partial charge in [0.05, 0.1) is 5.60 Å². The minimum Gasteiger partial charge on any atom is -0.375 e. The Bertz CT molecular complexity index is 272. The second-order valence-electron chi connectivity index (χ2n) is 6.36. The first-order valence-electron chi connectivity index (χ1n) is 7.76. The zero-order valence-corrected chi connectivity index (χ0v) is 12.4. The van der Waals surface area contributed by atoms with Crippen LogP contribution in [0, 0.1) is 5.92 Å². The molecule has 2 saturated heterocycles. The van der Waals surface area contributed by atoms with E-state index in [4.69, 9.17) is 4.74 Å². The molecule has 2 nitrogen and oxygen atoms in total. The molecule has 1 N–H and O–H groups in total. The molecule has 1 saturated carbocycles. The van der Waals surface area contributed by atoms with Crippen LogP contribution >= 0.6 is 11.8 Å². The molecular weight excluding hydrogens is 242 g/mol. The fraction of sp³-hybridized carbons (Fsp3) is 1.00. The van der Waals surface area contributed by atoms with Crippen LogP contribution in [0.4, 0.5) is 0 Å². The zero-order chi connectivity index (χ0) is 12.4. The summed E-state index contributed by atoms with van der Waals surface area (Å²) in [4.78, 5) is 0. The highest BCUT2D eigenvalue weighted by molar-refractivity contribution is 8.00. The molecule has 0 aromatic heterocycles. The molecule has 3 aliphatic rings. The molecule has 3 heteroatoms. The molecule has 3 rings (SSSR count). The molecule has 18 heavy (non-hydrogen) atoms. The Balaban J connectivity index is 1.66. The van der Waals surface area contributed by atoms with Gasteiger partial charge in [-0.1, -0.05) is 12.8 Å². The van der Waals surface area contributed by atoms with Crippen LogP contribution in [0.15, 0.2) is 0 Å². The highest BCUT2D eigenvalue weighted by Gasteiger charge is 2.43. The summed E-state index contributed by atoms with van der Waals surface area (Å²) in [6.45, 7) is 1.00. The third-order valence-corrected chi connectivity index (χ3v) is 6.73. The lowest BCUT2D eigenvalue weighted by Gasteiger charge is -2.42. The number of nitrogens with one attached hydrogen (secondary N) is 1. The second-order valence-corrected chi connectivity index (χ2v) is 7.70. The van der Waals surface area contributed by atoms with Crippen LogP contribution in [-0.4, -0.2) is 36.3 Å². The number of thioether (sulfide) groups is 1. The van der Waals surface area contributed by atoms with Crippen molar-refractivity contribution in [1.82, 2.24) is 5.32 Å². The van der Waals surface area contributed by atoms with E-state index in [0.29, 0.717) is 0 Å². The van der Waals surface area contributed by atoms with Crippen molar-refractivity contribution in [2.75, 3.05) is 19.4 Å². The van der Waals surface area contributed by atoms with Gasteiger partial charge >= 0.3 is 0 Å². The number of hydrogen-bond donors (Lipinski definition) is 1. The summed E-state index contributed by atoms with van der Waals surface area (Å²) in [6, 6.07) is 0.721. The van der Waals surface area contributed by atoms with Gasteiger partial charge in [-0.05, 0) is 57.2 Å². The molecule has 3 fully saturated rings. The van der Waals surface area contributed by atoms with E-state index in [1.54, 1.807) is 0 Å². The molecule has 0 bridgehead atoms. The second kappa shape index (κ2) is 5.72. The summed E-state index contributed by atoms with van der Waals surface area (Å²) in [5.74, 6) is 2.22. The SMILES string of the molecule is CNC(C1CCOC2(CCCC2)C1)C1CCCS1. The van der Waals surface area contributed by atoms with Gasteiger partial charge in [-0.15, -0.1) is 0 Å². The molecule has 2 aliphatic heterocycles. The number of rotatable bonds is 3. The lowest BCUT2D eigenvalue weighted by Crippen LogP contribution is -2.48. The first-order valence-corrected chi connectivity index (χ1v) is 8.81. The monoisotopic (exact) mass is 269 g/mol. The highest BCUT2D eigenvalue weighted by atomic mass is 32.2. The third kappa shape index (κ3) is 2.59. The van der Waals surface area contributed by atoms with Gasteiger partial charge in [-0.2, -0.15) is 11.8 Å². The lowest BCUT2D eigenvalue weighted by molar-refractivity contribution is -0.0976. The Morgan fingerprint density at radius 2 is 2.06 bits per heavy atom.